The van der Waals surface area contributed by atoms with E-state index in [4.69, 9.17) is 5.73 Å². The van der Waals surface area contributed by atoms with Crippen LogP contribution in [0, 0.1) is 11.6 Å². The number of carbonyl (C=O) groups excluding carboxylic acids is 1. The van der Waals surface area contributed by atoms with E-state index in [1.54, 1.807) is 10.0 Å². The van der Waals surface area contributed by atoms with Gasteiger partial charge in [-0.3, -0.25) is 4.79 Å². The zero-order valence-electron chi connectivity index (χ0n) is 15.7. The van der Waals surface area contributed by atoms with Crippen LogP contribution < -0.4 is 16.6 Å². The average Bonchev–Trinajstić information content (AvgIpc) is 3.07. The number of nitrogens with zero attached hydrogens (tertiary/aromatic N) is 2. The molecule has 28 heavy (non-hydrogen) atoms. The molecule has 0 bridgehead atoms. The second-order valence-electron chi connectivity index (χ2n) is 6.79. The lowest BCUT2D eigenvalue weighted by atomic mass is 10.1. The molecule has 0 aliphatic carbocycles. The Labute approximate surface area is 163 Å². The SMILES string of the molecule is CCN1NN(Cc2c(F)cccc2F)CC1NC(=O)[C@@H](N)Cc1ccccc1. The third-order valence-corrected chi connectivity index (χ3v) is 4.73. The number of nitrogens with one attached hydrogen (secondary N) is 2. The predicted molar refractivity (Wildman–Crippen MR) is 102 cm³/mol. The number of carbonyl (C=O) groups is 1. The fraction of sp³-hybridized carbons (Fsp3) is 0.350. The highest BCUT2D eigenvalue weighted by Crippen LogP contribution is 2.16. The fourth-order valence-electron chi connectivity index (χ4n) is 3.22. The molecule has 0 saturated carbocycles. The molecule has 2 atom stereocenters. The molecule has 0 radical (unpaired) electrons. The number of hydrogen-bond donors (Lipinski definition) is 3. The summed E-state index contributed by atoms with van der Waals surface area (Å²) in [6.07, 6.45) is 0.0810. The fourth-order valence-corrected chi connectivity index (χ4v) is 3.22. The minimum absolute atomic E-state index is 0.0150. The first-order valence-electron chi connectivity index (χ1n) is 9.28. The van der Waals surface area contributed by atoms with Gasteiger partial charge in [0.15, 0.2) is 0 Å². The summed E-state index contributed by atoms with van der Waals surface area (Å²) in [5, 5.41) is 6.38. The van der Waals surface area contributed by atoms with Crippen LogP contribution in [0.25, 0.3) is 0 Å². The van der Waals surface area contributed by atoms with Crippen molar-refractivity contribution in [1.82, 2.24) is 20.9 Å². The van der Waals surface area contributed by atoms with Gasteiger partial charge in [0, 0.05) is 18.7 Å². The Balaban J connectivity index is 1.59. The van der Waals surface area contributed by atoms with E-state index in [0.29, 0.717) is 19.5 Å². The van der Waals surface area contributed by atoms with Gasteiger partial charge in [-0.25, -0.2) is 18.8 Å². The Kier molecular flexibility index (Phi) is 6.69. The van der Waals surface area contributed by atoms with Crippen LogP contribution in [-0.2, 0) is 17.8 Å². The summed E-state index contributed by atoms with van der Waals surface area (Å²) >= 11 is 0. The van der Waals surface area contributed by atoms with Crippen LogP contribution in [0.1, 0.15) is 18.1 Å². The summed E-state index contributed by atoms with van der Waals surface area (Å²) in [6, 6.07) is 12.7. The Hall–Kier alpha value is -2.39. The molecule has 2 aromatic rings. The lowest BCUT2D eigenvalue weighted by Gasteiger charge is -2.23. The second-order valence-corrected chi connectivity index (χ2v) is 6.79. The van der Waals surface area contributed by atoms with Gasteiger partial charge >= 0.3 is 0 Å². The number of hydrogen-bond acceptors (Lipinski definition) is 5. The van der Waals surface area contributed by atoms with E-state index in [9.17, 15) is 13.6 Å². The maximum absolute atomic E-state index is 13.9. The van der Waals surface area contributed by atoms with Crippen molar-refractivity contribution < 1.29 is 13.6 Å². The van der Waals surface area contributed by atoms with Crippen LogP contribution in [0.2, 0.25) is 0 Å². The van der Waals surface area contributed by atoms with Gasteiger partial charge in [0.1, 0.15) is 17.8 Å². The number of likely N-dealkylation sites (N-methyl/N-ethyl adjacent to an activating group) is 1. The largest absolute Gasteiger partial charge is 0.337 e. The minimum atomic E-state index is -0.681. The molecule has 3 rings (SSSR count). The van der Waals surface area contributed by atoms with Gasteiger partial charge in [-0.1, -0.05) is 43.3 Å². The lowest BCUT2D eigenvalue weighted by Crippen LogP contribution is -2.53. The molecule has 1 heterocycles. The van der Waals surface area contributed by atoms with Gasteiger partial charge in [0.25, 0.3) is 0 Å². The highest BCUT2D eigenvalue weighted by atomic mass is 19.1. The zero-order valence-corrected chi connectivity index (χ0v) is 15.7. The number of hydrazine groups is 2. The summed E-state index contributed by atoms with van der Waals surface area (Å²) < 4.78 is 27.8. The van der Waals surface area contributed by atoms with E-state index in [1.165, 1.54) is 18.2 Å². The van der Waals surface area contributed by atoms with Crippen molar-refractivity contribution in [3.8, 4) is 0 Å². The van der Waals surface area contributed by atoms with Gasteiger partial charge in [0.2, 0.25) is 5.91 Å². The van der Waals surface area contributed by atoms with Gasteiger partial charge in [0.05, 0.1) is 12.6 Å². The number of nitrogens with two attached hydrogens (primary N) is 1. The van der Waals surface area contributed by atoms with Crippen molar-refractivity contribution in [3.63, 3.8) is 0 Å². The van der Waals surface area contributed by atoms with Gasteiger partial charge in [-0.2, -0.15) is 5.53 Å². The summed E-state index contributed by atoms with van der Waals surface area (Å²) in [6.45, 7) is 2.92. The van der Waals surface area contributed by atoms with Crippen molar-refractivity contribution in [1.29, 1.82) is 0 Å². The zero-order chi connectivity index (χ0) is 20.1. The maximum Gasteiger partial charge on any atom is 0.238 e. The first-order chi connectivity index (χ1) is 13.5. The molecule has 2 aromatic carbocycles. The summed E-state index contributed by atoms with van der Waals surface area (Å²) in [5.74, 6) is -1.46. The molecular weight excluding hydrogens is 364 g/mol. The third kappa shape index (κ3) is 4.90. The average molecular weight is 389 g/mol. The quantitative estimate of drug-likeness (QED) is 0.670. The standard InChI is InChI=1S/C20H25F2N5O/c1-2-27-19(24-20(28)18(23)11-14-7-4-3-5-8-14)13-26(25-27)12-15-16(21)9-6-10-17(15)22/h3-10,18-19,25H,2,11-13,23H2,1H3,(H,24,28)/t18-,19?/m0/s1. The molecule has 1 fully saturated rings. The van der Waals surface area contributed by atoms with Crippen molar-refractivity contribution in [2.75, 3.05) is 13.1 Å². The molecule has 150 valence electrons. The molecule has 1 unspecified atom stereocenters. The highest BCUT2D eigenvalue weighted by Gasteiger charge is 2.32. The van der Waals surface area contributed by atoms with E-state index in [0.717, 1.165) is 5.56 Å². The van der Waals surface area contributed by atoms with Crippen molar-refractivity contribution >= 4 is 5.91 Å². The van der Waals surface area contributed by atoms with E-state index < -0.39 is 17.7 Å². The summed E-state index contributed by atoms with van der Waals surface area (Å²) in [5.41, 5.74) is 10.1. The number of rotatable bonds is 7. The topological polar surface area (TPSA) is 73.6 Å². The van der Waals surface area contributed by atoms with Crippen molar-refractivity contribution in [3.05, 3.63) is 71.3 Å². The summed E-state index contributed by atoms with van der Waals surface area (Å²) in [7, 11) is 0. The van der Waals surface area contributed by atoms with Crippen LogP contribution in [0.15, 0.2) is 48.5 Å². The minimum Gasteiger partial charge on any atom is -0.337 e. The van der Waals surface area contributed by atoms with Crippen molar-refractivity contribution in [2.45, 2.75) is 32.1 Å². The van der Waals surface area contributed by atoms with Gasteiger partial charge in [-0.15, -0.1) is 0 Å². The second kappa shape index (κ2) is 9.20. The normalized spacial score (nSPS) is 18.9. The monoisotopic (exact) mass is 389 g/mol. The van der Waals surface area contributed by atoms with E-state index in [2.05, 4.69) is 10.9 Å². The van der Waals surface area contributed by atoms with Crippen molar-refractivity contribution in [2.24, 2.45) is 5.73 Å². The van der Waals surface area contributed by atoms with E-state index in [1.807, 2.05) is 37.3 Å². The molecule has 0 spiro atoms. The molecule has 8 heteroatoms. The van der Waals surface area contributed by atoms with Crippen LogP contribution in [0.4, 0.5) is 8.78 Å². The molecule has 0 aromatic heterocycles. The van der Waals surface area contributed by atoms with Crippen LogP contribution in [-0.4, -0.2) is 41.2 Å². The molecule has 1 amide bonds. The lowest BCUT2D eigenvalue weighted by molar-refractivity contribution is -0.124. The summed E-state index contributed by atoms with van der Waals surface area (Å²) in [4.78, 5) is 12.5. The van der Waals surface area contributed by atoms with Crippen LogP contribution in [0.3, 0.4) is 0 Å². The Bertz CT molecular complexity index is 784. The Morgan fingerprint density at radius 3 is 2.54 bits per heavy atom. The smallest absolute Gasteiger partial charge is 0.238 e. The molecule has 4 N–H and O–H groups in total. The third-order valence-electron chi connectivity index (χ3n) is 4.73. The van der Waals surface area contributed by atoms with Crippen LogP contribution in [0.5, 0.6) is 0 Å². The highest BCUT2D eigenvalue weighted by molar-refractivity contribution is 5.82. The Morgan fingerprint density at radius 2 is 1.89 bits per heavy atom. The number of benzene rings is 2. The molecule has 6 nitrogen and oxygen atoms in total. The first-order valence-corrected chi connectivity index (χ1v) is 9.28. The predicted octanol–water partition coefficient (Wildman–Crippen LogP) is 1.53. The Morgan fingerprint density at radius 1 is 1.21 bits per heavy atom. The first kappa shape index (κ1) is 20.3. The van der Waals surface area contributed by atoms with Gasteiger partial charge in [-0.05, 0) is 24.1 Å². The maximum atomic E-state index is 13.9. The molecular formula is C20H25F2N5O. The van der Waals surface area contributed by atoms with E-state index in [-0.39, 0.29) is 24.2 Å². The van der Waals surface area contributed by atoms with E-state index >= 15 is 0 Å². The number of amides is 1. The van der Waals surface area contributed by atoms with Gasteiger partial charge < -0.3 is 11.1 Å². The number of halogens is 2. The molecule has 1 aliphatic rings. The molecule has 1 aliphatic heterocycles. The van der Waals surface area contributed by atoms with Crippen LogP contribution >= 0.6 is 0 Å². The molecule has 1 saturated heterocycles.